The van der Waals surface area contributed by atoms with E-state index >= 15 is 0 Å². The van der Waals surface area contributed by atoms with Crippen molar-refractivity contribution in [3.05, 3.63) is 60.2 Å². The molecule has 2 aromatic carbocycles. The van der Waals surface area contributed by atoms with E-state index in [1.165, 1.54) is 5.56 Å². The van der Waals surface area contributed by atoms with Crippen LogP contribution in [0.2, 0.25) is 0 Å². The van der Waals surface area contributed by atoms with Crippen LogP contribution in [0.25, 0.3) is 0 Å². The predicted octanol–water partition coefficient (Wildman–Crippen LogP) is 3.58. The summed E-state index contributed by atoms with van der Waals surface area (Å²) in [6.07, 6.45) is 0. The first kappa shape index (κ1) is 16.2. The molecular formula is C15H22FeN+. The summed E-state index contributed by atoms with van der Waals surface area (Å²) in [6.45, 7) is 2.26. The van der Waals surface area contributed by atoms with Crippen molar-refractivity contribution in [2.45, 2.75) is 13.0 Å². The molecule has 1 atom stereocenters. The molecular weight excluding hydrogens is 250 g/mol. The summed E-state index contributed by atoms with van der Waals surface area (Å²) in [7, 11) is 6.66. The Bertz CT molecular complexity index is 337. The summed E-state index contributed by atoms with van der Waals surface area (Å²) in [5.41, 5.74) is 1.43. The Balaban J connectivity index is 0.000000360. The van der Waals surface area contributed by atoms with Crippen LogP contribution in [0.3, 0.4) is 0 Å². The van der Waals surface area contributed by atoms with Crippen molar-refractivity contribution in [1.29, 1.82) is 0 Å². The third-order valence-electron chi connectivity index (χ3n) is 2.89. The van der Waals surface area contributed by atoms with E-state index < -0.39 is 0 Å². The SMILES string of the molecule is CC(c1cc[cH-]c1)[N+](C)(C)C.[Fe+2].c1cc[cH-]c1. The summed E-state index contributed by atoms with van der Waals surface area (Å²) in [6, 6.07) is 19.2. The van der Waals surface area contributed by atoms with Gasteiger partial charge in [0.2, 0.25) is 0 Å². The van der Waals surface area contributed by atoms with Crippen LogP contribution in [0.15, 0.2) is 54.6 Å². The molecule has 0 heterocycles. The zero-order chi connectivity index (χ0) is 12.0. The van der Waals surface area contributed by atoms with E-state index in [4.69, 9.17) is 0 Å². The summed E-state index contributed by atoms with van der Waals surface area (Å²) >= 11 is 0. The van der Waals surface area contributed by atoms with Crippen LogP contribution < -0.4 is 0 Å². The first-order chi connectivity index (χ1) is 7.52. The van der Waals surface area contributed by atoms with E-state index in [0.29, 0.717) is 6.04 Å². The minimum absolute atomic E-state index is 0. The van der Waals surface area contributed by atoms with Crippen LogP contribution >= 0.6 is 0 Å². The van der Waals surface area contributed by atoms with Gasteiger partial charge in [0.15, 0.2) is 0 Å². The van der Waals surface area contributed by atoms with Crippen molar-refractivity contribution < 1.29 is 21.6 Å². The Labute approximate surface area is 116 Å². The van der Waals surface area contributed by atoms with E-state index in [2.05, 4.69) is 52.3 Å². The van der Waals surface area contributed by atoms with Crippen molar-refractivity contribution in [2.24, 2.45) is 0 Å². The molecule has 0 aliphatic rings. The first-order valence-electron chi connectivity index (χ1n) is 5.71. The van der Waals surface area contributed by atoms with Crippen LogP contribution in [0, 0.1) is 0 Å². The van der Waals surface area contributed by atoms with Gasteiger partial charge >= 0.3 is 17.1 Å². The fraction of sp³-hybridized carbons (Fsp3) is 0.333. The molecule has 2 rings (SSSR count). The third kappa shape index (κ3) is 5.88. The Morgan fingerprint density at radius 2 is 1.59 bits per heavy atom. The molecule has 0 aliphatic carbocycles. The third-order valence-corrected chi connectivity index (χ3v) is 2.89. The van der Waals surface area contributed by atoms with E-state index in [9.17, 15) is 0 Å². The van der Waals surface area contributed by atoms with Gasteiger partial charge in [0.1, 0.15) is 0 Å². The van der Waals surface area contributed by atoms with Crippen LogP contribution in [0.1, 0.15) is 18.5 Å². The second-order valence-electron chi connectivity index (χ2n) is 4.97. The molecule has 1 unspecified atom stereocenters. The van der Waals surface area contributed by atoms with E-state index in [-0.39, 0.29) is 17.1 Å². The molecule has 0 aliphatic heterocycles. The van der Waals surface area contributed by atoms with Crippen molar-refractivity contribution >= 4 is 0 Å². The number of hydrogen-bond donors (Lipinski definition) is 0. The average Bonchev–Trinajstić information content (AvgIpc) is 2.91. The Hall–Kier alpha value is -0.821. The number of rotatable bonds is 2. The van der Waals surface area contributed by atoms with Crippen molar-refractivity contribution in [3.63, 3.8) is 0 Å². The van der Waals surface area contributed by atoms with E-state index in [1.54, 1.807) is 0 Å². The topological polar surface area (TPSA) is 0 Å². The largest absolute Gasteiger partial charge is 2.00 e. The molecule has 0 aromatic heterocycles. The number of quaternary nitrogens is 1. The van der Waals surface area contributed by atoms with Gasteiger partial charge in [0.25, 0.3) is 0 Å². The zero-order valence-corrected chi connectivity index (χ0v) is 12.2. The molecule has 2 heteroatoms. The first-order valence-corrected chi connectivity index (χ1v) is 5.71. The summed E-state index contributed by atoms with van der Waals surface area (Å²) in [4.78, 5) is 0. The van der Waals surface area contributed by atoms with Gasteiger partial charge < -0.3 is 4.48 Å². The van der Waals surface area contributed by atoms with Gasteiger partial charge in [0, 0.05) is 0 Å². The average molecular weight is 272 g/mol. The molecule has 17 heavy (non-hydrogen) atoms. The van der Waals surface area contributed by atoms with Gasteiger partial charge in [0.05, 0.1) is 27.2 Å². The fourth-order valence-electron chi connectivity index (χ4n) is 1.44. The molecule has 0 spiro atoms. The molecule has 0 saturated carbocycles. The number of nitrogens with zero attached hydrogens (tertiary/aromatic N) is 1. The van der Waals surface area contributed by atoms with Gasteiger partial charge in [-0.05, 0) is 6.92 Å². The maximum atomic E-state index is 2.26. The minimum Gasteiger partial charge on any atom is -0.335 e. The predicted molar refractivity (Wildman–Crippen MR) is 70.5 cm³/mol. The molecule has 0 fully saturated rings. The van der Waals surface area contributed by atoms with E-state index in [1.807, 2.05) is 30.3 Å². The van der Waals surface area contributed by atoms with Gasteiger partial charge in [-0.25, -0.2) is 18.2 Å². The molecule has 0 saturated heterocycles. The second kappa shape index (κ2) is 7.49. The van der Waals surface area contributed by atoms with Crippen LogP contribution in [-0.2, 0) is 17.1 Å². The maximum absolute atomic E-state index is 2.26. The van der Waals surface area contributed by atoms with Crippen molar-refractivity contribution in [3.8, 4) is 0 Å². The van der Waals surface area contributed by atoms with Crippen LogP contribution in [-0.4, -0.2) is 25.6 Å². The summed E-state index contributed by atoms with van der Waals surface area (Å²) in [5.74, 6) is 0. The van der Waals surface area contributed by atoms with Crippen molar-refractivity contribution in [1.82, 2.24) is 0 Å². The summed E-state index contributed by atoms with van der Waals surface area (Å²) < 4.78 is 0.990. The normalized spacial score (nSPS) is 12.0. The maximum Gasteiger partial charge on any atom is 2.00 e. The van der Waals surface area contributed by atoms with Crippen LogP contribution in [0.5, 0.6) is 0 Å². The summed E-state index contributed by atoms with van der Waals surface area (Å²) in [5, 5.41) is 0. The molecule has 0 bridgehead atoms. The van der Waals surface area contributed by atoms with Gasteiger partial charge in [-0.2, -0.15) is 36.4 Å². The zero-order valence-electron chi connectivity index (χ0n) is 11.1. The smallest absolute Gasteiger partial charge is 0.335 e. The fourth-order valence-corrected chi connectivity index (χ4v) is 1.44. The van der Waals surface area contributed by atoms with Gasteiger partial charge in [-0.3, -0.25) is 0 Å². The van der Waals surface area contributed by atoms with Gasteiger partial charge in [-0.1, -0.05) is 0 Å². The molecule has 0 amide bonds. The molecule has 94 valence electrons. The van der Waals surface area contributed by atoms with Crippen LogP contribution in [0.4, 0.5) is 0 Å². The van der Waals surface area contributed by atoms with E-state index in [0.717, 1.165) is 4.48 Å². The minimum atomic E-state index is 0. The van der Waals surface area contributed by atoms with Gasteiger partial charge in [-0.15, -0.1) is 5.56 Å². The quantitative estimate of drug-likeness (QED) is 0.445. The number of hydrogen-bond acceptors (Lipinski definition) is 0. The molecule has 0 radical (unpaired) electrons. The Morgan fingerprint density at radius 1 is 1.00 bits per heavy atom. The monoisotopic (exact) mass is 272 g/mol. The van der Waals surface area contributed by atoms with Crippen molar-refractivity contribution in [2.75, 3.05) is 21.1 Å². The second-order valence-corrected chi connectivity index (χ2v) is 4.97. The molecule has 1 nitrogen and oxygen atoms in total. The molecule has 0 N–H and O–H groups in total. The Kier molecular flexibility index (Phi) is 7.13. The Morgan fingerprint density at radius 3 is 1.88 bits per heavy atom. The molecule has 2 aromatic rings. The standard InChI is InChI=1S/C10H17N.C5H5.Fe/c1-9(11(2,3)4)10-7-5-6-8-10;1-2-4-5-3-1;/h5-9H,1-4H3;1-5H;/q;-1;+2.